The first-order chi connectivity index (χ1) is 17.1. The van der Waals surface area contributed by atoms with E-state index in [2.05, 4.69) is 10.2 Å². The topological polar surface area (TPSA) is 82.2 Å². The van der Waals surface area contributed by atoms with Crippen LogP contribution in [0.25, 0.3) is 0 Å². The summed E-state index contributed by atoms with van der Waals surface area (Å²) in [5.41, 5.74) is 3.02. The minimum Gasteiger partial charge on any atom is -0.454 e. The number of hydrogen-bond acceptors (Lipinski definition) is 6. The second-order valence-electron chi connectivity index (χ2n) is 9.11. The van der Waals surface area contributed by atoms with Crippen LogP contribution in [-0.4, -0.2) is 58.9 Å². The summed E-state index contributed by atoms with van der Waals surface area (Å²) in [5.74, 6) is 0.0608. The summed E-state index contributed by atoms with van der Waals surface area (Å²) in [6.45, 7) is 4.22. The first-order valence-electron chi connectivity index (χ1n) is 11.6. The normalized spacial score (nSPS) is 15.6. The van der Waals surface area contributed by atoms with Gasteiger partial charge in [0.1, 0.15) is 16.5 Å². The number of halogens is 1. The van der Waals surface area contributed by atoms with Crippen LogP contribution in [-0.2, 0) is 10.0 Å². The van der Waals surface area contributed by atoms with Gasteiger partial charge < -0.3 is 19.9 Å². The van der Waals surface area contributed by atoms with Gasteiger partial charge in [-0.3, -0.25) is 4.79 Å². The average molecular weight is 511 g/mol. The van der Waals surface area contributed by atoms with E-state index < -0.39 is 15.9 Å². The SMILES string of the molecule is Cc1ccc2c(c1)NC(=O)c1cc(S(=O)(=O)N(C)C)c(N3CCN(c4ccc(F)cc4)CC3)cc1O2. The zero-order valence-electron chi connectivity index (χ0n) is 20.3. The Kier molecular flexibility index (Phi) is 6.09. The van der Waals surface area contributed by atoms with Crippen molar-refractivity contribution in [1.29, 1.82) is 0 Å². The van der Waals surface area contributed by atoms with E-state index in [1.54, 1.807) is 24.3 Å². The van der Waals surface area contributed by atoms with Gasteiger partial charge in [-0.1, -0.05) is 6.07 Å². The molecule has 5 rings (SSSR count). The van der Waals surface area contributed by atoms with Gasteiger partial charge in [0.2, 0.25) is 10.0 Å². The average Bonchev–Trinajstić information content (AvgIpc) is 2.98. The van der Waals surface area contributed by atoms with Gasteiger partial charge in [-0.2, -0.15) is 0 Å². The Morgan fingerprint density at radius 1 is 0.917 bits per heavy atom. The van der Waals surface area contributed by atoms with Crippen LogP contribution < -0.4 is 19.9 Å². The Labute approximate surface area is 209 Å². The first kappa shape index (κ1) is 24.1. The Balaban J connectivity index is 1.54. The number of anilines is 3. The van der Waals surface area contributed by atoms with Crippen molar-refractivity contribution in [2.75, 3.05) is 55.4 Å². The summed E-state index contributed by atoms with van der Waals surface area (Å²) in [4.78, 5) is 17.2. The van der Waals surface area contributed by atoms with Gasteiger partial charge in [0, 0.05) is 52.0 Å². The van der Waals surface area contributed by atoms with E-state index in [4.69, 9.17) is 4.74 Å². The zero-order valence-corrected chi connectivity index (χ0v) is 21.1. The fourth-order valence-electron chi connectivity index (χ4n) is 4.46. The number of aryl methyl sites for hydroxylation is 1. The summed E-state index contributed by atoms with van der Waals surface area (Å²) in [7, 11) is -0.940. The monoisotopic (exact) mass is 510 g/mol. The molecule has 188 valence electrons. The highest BCUT2D eigenvalue weighted by Crippen LogP contribution is 2.41. The number of nitrogens with zero attached hydrogens (tertiary/aromatic N) is 3. The number of sulfonamides is 1. The Bertz CT molecular complexity index is 1430. The molecule has 0 atom stereocenters. The number of carbonyl (C=O) groups excluding carboxylic acids is 1. The number of ether oxygens (including phenoxy) is 1. The highest BCUT2D eigenvalue weighted by atomic mass is 32.2. The number of hydrogen-bond donors (Lipinski definition) is 1. The number of amides is 1. The van der Waals surface area contributed by atoms with Crippen LogP contribution in [0.15, 0.2) is 59.5 Å². The smallest absolute Gasteiger partial charge is 0.259 e. The van der Waals surface area contributed by atoms with E-state index in [0.717, 1.165) is 15.6 Å². The lowest BCUT2D eigenvalue weighted by Crippen LogP contribution is -2.47. The van der Waals surface area contributed by atoms with Gasteiger partial charge in [0.05, 0.1) is 16.9 Å². The highest BCUT2D eigenvalue weighted by Gasteiger charge is 2.31. The molecular formula is C26H27FN4O4S. The van der Waals surface area contributed by atoms with E-state index in [-0.39, 0.29) is 16.3 Å². The maximum absolute atomic E-state index is 13.3. The summed E-state index contributed by atoms with van der Waals surface area (Å²) >= 11 is 0. The van der Waals surface area contributed by atoms with Crippen LogP contribution >= 0.6 is 0 Å². The maximum Gasteiger partial charge on any atom is 0.259 e. The van der Waals surface area contributed by atoms with Crippen LogP contribution in [0.4, 0.5) is 21.5 Å². The molecule has 0 bridgehead atoms. The molecule has 3 aromatic rings. The third-order valence-corrected chi connectivity index (χ3v) is 8.32. The molecule has 2 aliphatic rings. The lowest BCUT2D eigenvalue weighted by Gasteiger charge is -2.38. The predicted octanol–water partition coefficient (Wildman–Crippen LogP) is 4.07. The molecule has 36 heavy (non-hydrogen) atoms. The van der Waals surface area contributed by atoms with Crippen LogP contribution in [0.5, 0.6) is 11.5 Å². The molecular weight excluding hydrogens is 483 g/mol. The Morgan fingerprint density at radius 3 is 2.25 bits per heavy atom. The predicted molar refractivity (Wildman–Crippen MR) is 137 cm³/mol. The molecule has 0 unspecified atom stereocenters. The fraction of sp³-hybridized carbons (Fsp3) is 0.269. The number of nitrogens with one attached hydrogen (secondary N) is 1. The minimum atomic E-state index is -3.87. The second-order valence-corrected chi connectivity index (χ2v) is 11.2. The van der Waals surface area contributed by atoms with Gasteiger partial charge in [-0.15, -0.1) is 0 Å². The van der Waals surface area contributed by atoms with Crippen molar-refractivity contribution < 1.29 is 22.3 Å². The summed E-state index contributed by atoms with van der Waals surface area (Å²) in [6.07, 6.45) is 0. The summed E-state index contributed by atoms with van der Waals surface area (Å²) < 4.78 is 47.3. The number of fused-ring (bicyclic) bond motifs is 2. The quantitative estimate of drug-likeness (QED) is 0.570. The van der Waals surface area contributed by atoms with Crippen molar-refractivity contribution in [3.8, 4) is 11.5 Å². The Hall–Kier alpha value is -3.63. The molecule has 2 aliphatic heterocycles. The van der Waals surface area contributed by atoms with E-state index in [9.17, 15) is 17.6 Å². The van der Waals surface area contributed by atoms with Gasteiger partial charge in [0.25, 0.3) is 5.91 Å². The molecule has 3 aromatic carbocycles. The van der Waals surface area contributed by atoms with E-state index in [0.29, 0.717) is 49.1 Å². The molecule has 10 heteroatoms. The molecule has 0 aromatic heterocycles. The molecule has 1 amide bonds. The number of piperazine rings is 1. The van der Waals surface area contributed by atoms with Gasteiger partial charge in [-0.25, -0.2) is 17.1 Å². The van der Waals surface area contributed by atoms with E-state index >= 15 is 0 Å². The minimum absolute atomic E-state index is 0.0439. The summed E-state index contributed by atoms with van der Waals surface area (Å²) in [6, 6.07) is 14.9. The van der Waals surface area contributed by atoms with E-state index in [1.807, 2.05) is 24.0 Å². The third-order valence-electron chi connectivity index (χ3n) is 6.48. The van der Waals surface area contributed by atoms with Crippen molar-refractivity contribution in [3.63, 3.8) is 0 Å². The number of carbonyl (C=O) groups is 1. The first-order valence-corrected chi connectivity index (χ1v) is 13.0. The van der Waals surface area contributed by atoms with Gasteiger partial charge in [0.15, 0.2) is 5.75 Å². The molecule has 0 saturated carbocycles. The Morgan fingerprint density at radius 2 is 1.58 bits per heavy atom. The van der Waals surface area contributed by atoms with Crippen LogP contribution in [0, 0.1) is 12.7 Å². The number of rotatable bonds is 4. The molecule has 0 spiro atoms. The second kappa shape index (κ2) is 9.11. The largest absolute Gasteiger partial charge is 0.454 e. The van der Waals surface area contributed by atoms with Gasteiger partial charge in [-0.05, 0) is 55.0 Å². The lowest BCUT2D eigenvalue weighted by molar-refractivity contribution is 0.102. The van der Waals surface area contributed by atoms with E-state index in [1.165, 1.54) is 32.3 Å². The molecule has 2 heterocycles. The van der Waals surface area contributed by atoms with Crippen LogP contribution in [0.3, 0.4) is 0 Å². The molecule has 0 aliphatic carbocycles. The van der Waals surface area contributed by atoms with Crippen molar-refractivity contribution in [3.05, 3.63) is 71.5 Å². The van der Waals surface area contributed by atoms with Crippen molar-refractivity contribution >= 4 is 33.0 Å². The van der Waals surface area contributed by atoms with Crippen molar-refractivity contribution in [2.24, 2.45) is 0 Å². The molecule has 1 fully saturated rings. The van der Waals surface area contributed by atoms with Crippen molar-refractivity contribution in [2.45, 2.75) is 11.8 Å². The van der Waals surface area contributed by atoms with Crippen LogP contribution in [0.2, 0.25) is 0 Å². The third kappa shape index (κ3) is 4.38. The zero-order chi connectivity index (χ0) is 25.6. The highest BCUT2D eigenvalue weighted by molar-refractivity contribution is 7.89. The van der Waals surface area contributed by atoms with Gasteiger partial charge >= 0.3 is 0 Å². The standard InChI is InChI=1S/C26H27FN4O4S/c1-17-4-9-23-21(14-17)28-26(32)20-15-25(36(33,34)29(2)3)22(16-24(20)35-23)31-12-10-30(11-13-31)19-7-5-18(27)6-8-19/h4-9,14-16H,10-13H2,1-3H3,(H,28,32). The maximum atomic E-state index is 13.3. The number of benzene rings is 3. The fourth-order valence-corrected chi connectivity index (χ4v) is 5.57. The molecule has 1 N–H and O–H groups in total. The van der Waals surface area contributed by atoms with Crippen LogP contribution in [0.1, 0.15) is 15.9 Å². The van der Waals surface area contributed by atoms with Crippen molar-refractivity contribution in [1.82, 2.24) is 4.31 Å². The summed E-state index contributed by atoms with van der Waals surface area (Å²) in [5, 5.41) is 2.83. The lowest BCUT2D eigenvalue weighted by atomic mass is 10.1. The molecule has 1 saturated heterocycles. The molecule has 8 nitrogen and oxygen atoms in total. The molecule has 0 radical (unpaired) electrons.